The van der Waals surface area contributed by atoms with E-state index in [9.17, 15) is 19.2 Å². The van der Waals surface area contributed by atoms with Gasteiger partial charge in [0.25, 0.3) is 5.91 Å². The molecule has 0 heterocycles. The monoisotopic (exact) mass is 572 g/mol. The molecule has 4 amide bonds. The van der Waals surface area contributed by atoms with Crippen LogP contribution in [0.15, 0.2) is 42.5 Å². The number of carbonyl (C=O) groups is 4. The predicted molar refractivity (Wildman–Crippen MR) is 157 cm³/mol. The minimum absolute atomic E-state index is 0.347. The second-order valence-electron chi connectivity index (χ2n) is 11.7. The molecule has 0 spiro atoms. The lowest BCUT2D eigenvalue weighted by atomic mass is 9.94. The summed E-state index contributed by atoms with van der Waals surface area (Å²) >= 11 is 6.41. The molecule has 0 aliphatic rings. The highest BCUT2D eigenvalue weighted by molar-refractivity contribution is 6.34. The van der Waals surface area contributed by atoms with Crippen molar-refractivity contribution in [3.8, 4) is 0 Å². The number of benzene rings is 2. The first-order valence-electron chi connectivity index (χ1n) is 13.2. The maximum atomic E-state index is 14.2. The Hall–Kier alpha value is -3.59. The van der Waals surface area contributed by atoms with E-state index in [1.54, 1.807) is 65.8 Å². The molecule has 2 atom stereocenters. The van der Waals surface area contributed by atoms with Crippen molar-refractivity contribution in [1.29, 1.82) is 0 Å². The molecule has 9 nitrogen and oxygen atoms in total. The number of primary amides is 1. The standard InChI is InChI=1S/C30H41ClN4O5/c1-9-19-13-15-20(16-14-19)25(26(37)34-24-18(2)11-10-12-21(24)31)35(29(3,4)5)27(38)22(17-23(32)36)33-28(39)40-30(6,7)8/h10-16,22,25H,9,17H2,1-8H3,(H2,32,36)(H,33,39)(H,34,37). The summed E-state index contributed by atoms with van der Waals surface area (Å²) in [7, 11) is 0. The number of alkyl carbamates (subject to hydrolysis) is 1. The van der Waals surface area contributed by atoms with Crippen molar-refractivity contribution in [2.75, 3.05) is 5.32 Å². The Morgan fingerprint density at radius 3 is 2.08 bits per heavy atom. The van der Waals surface area contributed by atoms with E-state index in [-0.39, 0.29) is 0 Å². The van der Waals surface area contributed by atoms with E-state index in [1.807, 2.05) is 32.0 Å². The number of para-hydroxylation sites is 1. The Labute approximate surface area is 241 Å². The molecule has 218 valence electrons. The van der Waals surface area contributed by atoms with Gasteiger partial charge in [-0.1, -0.05) is 54.9 Å². The van der Waals surface area contributed by atoms with Crippen molar-refractivity contribution in [3.05, 3.63) is 64.2 Å². The Morgan fingerprint density at radius 2 is 1.60 bits per heavy atom. The number of ether oxygens (including phenoxy) is 1. The predicted octanol–water partition coefficient (Wildman–Crippen LogP) is 5.29. The fourth-order valence-corrected chi connectivity index (χ4v) is 4.47. The minimum atomic E-state index is -1.38. The van der Waals surface area contributed by atoms with E-state index in [1.165, 1.54) is 4.90 Å². The molecule has 0 aliphatic carbocycles. The van der Waals surface area contributed by atoms with E-state index in [0.29, 0.717) is 16.3 Å². The van der Waals surface area contributed by atoms with E-state index in [0.717, 1.165) is 17.5 Å². The molecule has 0 saturated carbocycles. The molecular formula is C30H41ClN4O5. The molecule has 2 rings (SSSR count). The number of hydrogen-bond donors (Lipinski definition) is 3. The molecule has 0 aromatic heterocycles. The third-order valence-electron chi connectivity index (χ3n) is 6.03. The summed E-state index contributed by atoms with van der Waals surface area (Å²) in [6, 6.07) is 10.1. The van der Waals surface area contributed by atoms with Crippen LogP contribution in [0.5, 0.6) is 0 Å². The third-order valence-corrected chi connectivity index (χ3v) is 6.35. The van der Waals surface area contributed by atoms with Gasteiger partial charge in [-0.15, -0.1) is 0 Å². The van der Waals surface area contributed by atoms with Gasteiger partial charge >= 0.3 is 6.09 Å². The summed E-state index contributed by atoms with van der Waals surface area (Å²) in [6.07, 6.45) is -0.587. The van der Waals surface area contributed by atoms with Crippen LogP contribution in [0.3, 0.4) is 0 Å². The number of anilines is 1. The van der Waals surface area contributed by atoms with Crippen LogP contribution < -0.4 is 16.4 Å². The Balaban J connectivity index is 2.65. The van der Waals surface area contributed by atoms with Gasteiger partial charge in [0.15, 0.2) is 0 Å². The Morgan fingerprint density at radius 1 is 1.00 bits per heavy atom. The average Bonchev–Trinajstić information content (AvgIpc) is 2.81. The molecule has 0 saturated heterocycles. The number of nitrogens with two attached hydrogens (primary N) is 1. The van der Waals surface area contributed by atoms with Gasteiger partial charge in [-0.05, 0) is 77.6 Å². The SMILES string of the molecule is CCc1ccc(C(C(=O)Nc2c(C)cccc2Cl)N(C(=O)C(CC(N)=O)NC(=O)OC(C)(C)C)C(C)(C)C)cc1. The number of hydrogen-bond acceptors (Lipinski definition) is 5. The third kappa shape index (κ3) is 8.98. The number of aryl methyl sites for hydroxylation is 2. The fourth-order valence-electron chi connectivity index (χ4n) is 4.20. The normalized spacial score (nSPS) is 13.1. The summed E-state index contributed by atoms with van der Waals surface area (Å²) in [6.45, 7) is 14.2. The molecule has 2 aromatic rings. The average molecular weight is 573 g/mol. The number of nitrogens with zero attached hydrogens (tertiary/aromatic N) is 1. The first-order chi connectivity index (χ1) is 18.4. The van der Waals surface area contributed by atoms with Crippen molar-refractivity contribution in [2.24, 2.45) is 5.73 Å². The second kappa shape index (κ2) is 13.2. The highest BCUT2D eigenvalue weighted by atomic mass is 35.5. The molecule has 4 N–H and O–H groups in total. The molecule has 40 heavy (non-hydrogen) atoms. The number of amides is 4. The highest BCUT2D eigenvalue weighted by Gasteiger charge is 2.42. The zero-order valence-corrected chi connectivity index (χ0v) is 25.3. The lowest BCUT2D eigenvalue weighted by Gasteiger charge is -2.43. The summed E-state index contributed by atoms with van der Waals surface area (Å²) in [4.78, 5) is 54.2. The lowest BCUT2D eigenvalue weighted by Crippen LogP contribution is -2.58. The van der Waals surface area contributed by atoms with Crippen LogP contribution in [0.25, 0.3) is 0 Å². The molecule has 0 aliphatic heterocycles. The maximum Gasteiger partial charge on any atom is 0.408 e. The largest absolute Gasteiger partial charge is 0.444 e. The summed E-state index contributed by atoms with van der Waals surface area (Å²) in [5.74, 6) is -1.99. The topological polar surface area (TPSA) is 131 Å². The van der Waals surface area contributed by atoms with Gasteiger partial charge in [0, 0.05) is 5.54 Å². The van der Waals surface area contributed by atoms with E-state index < -0.39 is 53.5 Å². The fraction of sp³-hybridized carbons (Fsp3) is 0.467. The molecule has 10 heteroatoms. The van der Waals surface area contributed by atoms with Crippen LogP contribution in [-0.2, 0) is 25.5 Å². The molecular weight excluding hydrogens is 532 g/mol. The first kappa shape index (κ1) is 32.6. The van der Waals surface area contributed by atoms with Crippen molar-refractivity contribution in [3.63, 3.8) is 0 Å². The number of rotatable bonds is 9. The van der Waals surface area contributed by atoms with Gasteiger partial charge in [0.05, 0.1) is 17.1 Å². The van der Waals surface area contributed by atoms with Crippen LogP contribution in [0.4, 0.5) is 10.5 Å². The van der Waals surface area contributed by atoms with E-state index in [4.69, 9.17) is 22.1 Å². The quantitative estimate of drug-likeness (QED) is 0.376. The van der Waals surface area contributed by atoms with Crippen molar-refractivity contribution < 1.29 is 23.9 Å². The van der Waals surface area contributed by atoms with Gasteiger partial charge in [-0.2, -0.15) is 0 Å². The molecule has 2 unspecified atom stereocenters. The first-order valence-corrected chi connectivity index (χ1v) is 13.6. The second-order valence-corrected chi connectivity index (χ2v) is 12.1. The lowest BCUT2D eigenvalue weighted by molar-refractivity contribution is -0.147. The van der Waals surface area contributed by atoms with Gasteiger partial charge in [0.2, 0.25) is 11.8 Å². The number of halogens is 1. The van der Waals surface area contributed by atoms with Crippen LogP contribution in [0.2, 0.25) is 5.02 Å². The van der Waals surface area contributed by atoms with Crippen molar-refractivity contribution in [2.45, 2.75) is 91.5 Å². The summed E-state index contributed by atoms with van der Waals surface area (Å²) in [5.41, 5.74) is 6.44. The zero-order chi connectivity index (χ0) is 30.4. The van der Waals surface area contributed by atoms with Crippen LogP contribution in [-0.4, -0.2) is 45.9 Å². The molecule has 0 bridgehead atoms. The van der Waals surface area contributed by atoms with Crippen LogP contribution >= 0.6 is 11.6 Å². The molecule has 2 aromatic carbocycles. The van der Waals surface area contributed by atoms with Crippen LogP contribution in [0, 0.1) is 6.92 Å². The number of nitrogens with one attached hydrogen (secondary N) is 2. The van der Waals surface area contributed by atoms with Gasteiger partial charge in [-0.25, -0.2) is 4.79 Å². The summed E-state index contributed by atoms with van der Waals surface area (Å²) < 4.78 is 5.32. The molecule has 0 fully saturated rings. The molecule has 0 radical (unpaired) electrons. The van der Waals surface area contributed by atoms with Gasteiger partial charge in [0.1, 0.15) is 17.7 Å². The summed E-state index contributed by atoms with van der Waals surface area (Å²) in [5, 5.41) is 5.73. The van der Waals surface area contributed by atoms with E-state index >= 15 is 0 Å². The highest BCUT2D eigenvalue weighted by Crippen LogP contribution is 2.33. The van der Waals surface area contributed by atoms with Crippen molar-refractivity contribution in [1.82, 2.24) is 10.2 Å². The minimum Gasteiger partial charge on any atom is -0.444 e. The zero-order valence-electron chi connectivity index (χ0n) is 24.6. The maximum absolute atomic E-state index is 14.2. The van der Waals surface area contributed by atoms with Crippen molar-refractivity contribution >= 4 is 41.1 Å². The smallest absolute Gasteiger partial charge is 0.408 e. The Bertz CT molecular complexity index is 1210. The van der Waals surface area contributed by atoms with Crippen LogP contribution in [0.1, 0.15) is 77.6 Å². The van der Waals surface area contributed by atoms with E-state index in [2.05, 4.69) is 10.6 Å². The van der Waals surface area contributed by atoms with Gasteiger partial charge < -0.3 is 26.0 Å². The Kier molecular flexibility index (Phi) is 10.7. The van der Waals surface area contributed by atoms with Gasteiger partial charge in [-0.3, -0.25) is 14.4 Å². The number of carbonyl (C=O) groups excluding carboxylic acids is 4.